The summed E-state index contributed by atoms with van der Waals surface area (Å²) >= 11 is 7.82. The van der Waals surface area contributed by atoms with Gasteiger partial charge in [0.2, 0.25) is 0 Å². The maximum absolute atomic E-state index is 12.9. The van der Waals surface area contributed by atoms with Crippen LogP contribution in [0.2, 0.25) is 5.02 Å². The maximum Gasteiger partial charge on any atom is 0.257 e. The Labute approximate surface area is 176 Å². The third kappa shape index (κ3) is 4.13. The molecule has 0 spiro atoms. The molecule has 4 rings (SSSR count). The SMILES string of the molecule is O=C(NCc1cccnc1)c1ccccc1C(=O)Nc1sc2ccccc2c1Cl. The van der Waals surface area contributed by atoms with Gasteiger partial charge in [-0.15, -0.1) is 11.3 Å². The minimum atomic E-state index is -0.384. The number of carbonyl (C=O) groups excluding carboxylic acids is 2. The van der Waals surface area contributed by atoms with Crippen LogP contribution in [0, 0.1) is 0 Å². The number of aromatic nitrogens is 1. The summed E-state index contributed by atoms with van der Waals surface area (Å²) in [5.41, 5.74) is 1.45. The molecule has 2 N–H and O–H groups in total. The first kappa shape index (κ1) is 19.1. The van der Waals surface area contributed by atoms with Gasteiger partial charge in [0.25, 0.3) is 11.8 Å². The minimum Gasteiger partial charge on any atom is -0.348 e. The number of hydrogen-bond donors (Lipinski definition) is 2. The summed E-state index contributed by atoms with van der Waals surface area (Å²) in [4.78, 5) is 29.6. The topological polar surface area (TPSA) is 71.1 Å². The number of halogens is 1. The molecule has 0 unspecified atom stereocenters. The molecule has 2 amide bonds. The van der Waals surface area contributed by atoms with E-state index in [-0.39, 0.29) is 17.4 Å². The average molecular weight is 422 g/mol. The number of nitrogens with one attached hydrogen (secondary N) is 2. The fraction of sp³-hybridized carbons (Fsp3) is 0.0455. The van der Waals surface area contributed by atoms with Gasteiger partial charge in [-0.2, -0.15) is 0 Å². The lowest BCUT2D eigenvalue weighted by molar-refractivity contribution is 0.0938. The highest BCUT2D eigenvalue weighted by Crippen LogP contribution is 2.39. The number of hydrogen-bond acceptors (Lipinski definition) is 4. The molecule has 0 aliphatic rings. The second-order valence-corrected chi connectivity index (χ2v) is 7.72. The molecule has 7 heteroatoms. The lowest BCUT2D eigenvalue weighted by atomic mass is 10.1. The molecule has 2 aromatic carbocycles. The smallest absolute Gasteiger partial charge is 0.257 e. The van der Waals surface area contributed by atoms with Crippen molar-refractivity contribution in [2.24, 2.45) is 0 Å². The number of benzene rings is 2. The Morgan fingerprint density at radius 3 is 2.38 bits per heavy atom. The number of carbonyl (C=O) groups is 2. The first-order chi connectivity index (χ1) is 14.1. The molecule has 29 heavy (non-hydrogen) atoms. The molecule has 0 saturated heterocycles. The molecular weight excluding hydrogens is 406 g/mol. The Morgan fingerprint density at radius 1 is 0.931 bits per heavy atom. The zero-order chi connectivity index (χ0) is 20.2. The van der Waals surface area contributed by atoms with E-state index in [4.69, 9.17) is 11.6 Å². The fourth-order valence-corrected chi connectivity index (χ4v) is 4.30. The molecule has 0 saturated carbocycles. The van der Waals surface area contributed by atoms with Gasteiger partial charge in [0.05, 0.1) is 16.1 Å². The van der Waals surface area contributed by atoms with Gasteiger partial charge in [-0.1, -0.05) is 48.0 Å². The summed E-state index contributed by atoms with van der Waals surface area (Å²) < 4.78 is 0.982. The Kier molecular flexibility index (Phi) is 5.55. The van der Waals surface area contributed by atoms with Gasteiger partial charge in [-0.3, -0.25) is 14.6 Å². The average Bonchev–Trinajstić information content (AvgIpc) is 3.08. The van der Waals surface area contributed by atoms with E-state index >= 15 is 0 Å². The quantitative estimate of drug-likeness (QED) is 0.469. The molecule has 0 aliphatic heterocycles. The van der Waals surface area contributed by atoms with Crippen molar-refractivity contribution < 1.29 is 9.59 Å². The van der Waals surface area contributed by atoms with E-state index in [0.29, 0.717) is 22.1 Å². The second-order valence-electron chi connectivity index (χ2n) is 6.28. The minimum absolute atomic E-state index is 0.282. The second kappa shape index (κ2) is 8.43. The number of nitrogens with zero attached hydrogens (tertiary/aromatic N) is 1. The molecular formula is C22H16ClN3O2S. The lowest BCUT2D eigenvalue weighted by Gasteiger charge is -2.10. The number of amides is 2. The van der Waals surface area contributed by atoms with Crippen LogP contribution in [-0.2, 0) is 6.54 Å². The number of thiophene rings is 1. The summed E-state index contributed by atoms with van der Waals surface area (Å²) in [6.07, 6.45) is 3.35. The van der Waals surface area contributed by atoms with Crippen LogP contribution in [0.25, 0.3) is 10.1 Å². The largest absolute Gasteiger partial charge is 0.348 e. The van der Waals surface area contributed by atoms with Crippen LogP contribution in [0.4, 0.5) is 5.00 Å². The Balaban J connectivity index is 1.54. The van der Waals surface area contributed by atoms with E-state index in [9.17, 15) is 9.59 Å². The summed E-state index contributed by atoms with van der Waals surface area (Å²) in [5, 5.41) is 7.61. The number of anilines is 1. The van der Waals surface area contributed by atoms with Crippen molar-refractivity contribution in [3.05, 3.63) is 94.8 Å². The molecule has 0 aliphatic carbocycles. The van der Waals surface area contributed by atoms with Crippen LogP contribution < -0.4 is 10.6 Å². The molecule has 4 aromatic rings. The number of fused-ring (bicyclic) bond motifs is 1. The van der Waals surface area contributed by atoms with E-state index in [0.717, 1.165) is 15.6 Å². The van der Waals surface area contributed by atoms with Crippen molar-refractivity contribution in [2.45, 2.75) is 6.54 Å². The molecule has 0 fully saturated rings. The molecule has 0 radical (unpaired) electrons. The Bertz CT molecular complexity index is 1190. The van der Waals surface area contributed by atoms with Gasteiger partial charge in [0, 0.05) is 29.0 Å². The fourth-order valence-electron chi connectivity index (χ4n) is 2.92. The highest BCUT2D eigenvalue weighted by atomic mass is 35.5. The third-order valence-electron chi connectivity index (χ3n) is 4.35. The highest BCUT2D eigenvalue weighted by Gasteiger charge is 2.19. The van der Waals surface area contributed by atoms with E-state index in [2.05, 4.69) is 15.6 Å². The van der Waals surface area contributed by atoms with Crippen LogP contribution in [-0.4, -0.2) is 16.8 Å². The summed E-state index contributed by atoms with van der Waals surface area (Å²) in [5.74, 6) is -0.715. The summed E-state index contributed by atoms with van der Waals surface area (Å²) in [6, 6.07) is 18.0. The van der Waals surface area contributed by atoms with Crippen molar-refractivity contribution >= 4 is 49.8 Å². The number of rotatable bonds is 5. The highest BCUT2D eigenvalue weighted by molar-refractivity contribution is 7.23. The zero-order valence-electron chi connectivity index (χ0n) is 15.2. The van der Waals surface area contributed by atoms with Gasteiger partial charge in [0.1, 0.15) is 5.00 Å². The molecule has 2 heterocycles. The van der Waals surface area contributed by atoms with Gasteiger partial charge >= 0.3 is 0 Å². The van der Waals surface area contributed by atoms with Crippen LogP contribution in [0.15, 0.2) is 73.1 Å². The lowest BCUT2D eigenvalue weighted by Crippen LogP contribution is -2.26. The van der Waals surface area contributed by atoms with Crippen LogP contribution in [0.3, 0.4) is 0 Å². The molecule has 0 atom stereocenters. The van der Waals surface area contributed by atoms with Crippen molar-refractivity contribution in [2.75, 3.05) is 5.32 Å². The van der Waals surface area contributed by atoms with Crippen LogP contribution in [0.5, 0.6) is 0 Å². The normalized spacial score (nSPS) is 10.7. The van der Waals surface area contributed by atoms with E-state index in [1.54, 1.807) is 42.7 Å². The Hall–Kier alpha value is -3.22. The monoisotopic (exact) mass is 421 g/mol. The van der Waals surface area contributed by atoms with Crippen molar-refractivity contribution in [1.29, 1.82) is 0 Å². The first-order valence-corrected chi connectivity index (χ1v) is 10.1. The predicted octanol–water partition coefficient (Wildman–Crippen LogP) is 5.13. The van der Waals surface area contributed by atoms with Crippen LogP contribution >= 0.6 is 22.9 Å². The van der Waals surface area contributed by atoms with Gasteiger partial charge in [-0.05, 0) is 29.8 Å². The van der Waals surface area contributed by atoms with E-state index in [1.807, 2.05) is 30.3 Å². The van der Waals surface area contributed by atoms with Gasteiger partial charge in [0.15, 0.2) is 0 Å². The van der Waals surface area contributed by atoms with Crippen molar-refractivity contribution in [3.63, 3.8) is 0 Å². The van der Waals surface area contributed by atoms with E-state index in [1.165, 1.54) is 11.3 Å². The van der Waals surface area contributed by atoms with Crippen LogP contribution in [0.1, 0.15) is 26.3 Å². The maximum atomic E-state index is 12.9. The van der Waals surface area contributed by atoms with Crippen molar-refractivity contribution in [3.8, 4) is 0 Å². The predicted molar refractivity (Wildman–Crippen MR) is 117 cm³/mol. The molecule has 5 nitrogen and oxygen atoms in total. The van der Waals surface area contributed by atoms with Crippen molar-refractivity contribution in [1.82, 2.24) is 10.3 Å². The standard InChI is InChI=1S/C22H16ClN3O2S/c23-19-17-9-3-4-10-18(17)29-22(19)26-21(28)16-8-2-1-7-15(16)20(27)25-13-14-6-5-11-24-12-14/h1-12H,13H2,(H,25,27)(H,26,28). The van der Waals surface area contributed by atoms with Gasteiger partial charge < -0.3 is 10.6 Å². The first-order valence-electron chi connectivity index (χ1n) is 8.88. The Morgan fingerprint density at radius 2 is 1.66 bits per heavy atom. The van der Waals surface area contributed by atoms with E-state index < -0.39 is 0 Å². The van der Waals surface area contributed by atoms with Gasteiger partial charge in [-0.25, -0.2) is 0 Å². The third-order valence-corrected chi connectivity index (χ3v) is 5.94. The molecule has 0 bridgehead atoms. The molecule has 144 valence electrons. The molecule has 2 aromatic heterocycles. The summed E-state index contributed by atoms with van der Waals surface area (Å²) in [7, 11) is 0. The summed E-state index contributed by atoms with van der Waals surface area (Å²) in [6.45, 7) is 0.324. The number of pyridine rings is 1. The zero-order valence-corrected chi connectivity index (χ0v) is 16.8.